The highest BCUT2D eigenvalue weighted by atomic mass is 31.3. The molecule has 22 heteroatoms. The molecule has 2 unspecified atom stereocenters. The van der Waals surface area contributed by atoms with Gasteiger partial charge < -0.3 is 50.5 Å². The van der Waals surface area contributed by atoms with Crippen molar-refractivity contribution in [1.29, 1.82) is 0 Å². The molecule has 2 aromatic heterocycles. The van der Waals surface area contributed by atoms with Crippen LogP contribution >= 0.6 is 15.6 Å². The van der Waals surface area contributed by atoms with E-state index in [1.807, 2.05) is 0 Å². The molecule has 38 heavy (non-hydrogen) atoms. The van der Waals surface area contributed by atoms with E-state index in [2.05, 4.69) is 28.3 Å². The first kappa shape index (κ1) is 29.1. The number of phosphoric ester groups is 2. The van der Waals surface area contributed by atoms with Crippen LogP contribution in [0.2, 0.25) is 0 Å². The number of nitrogens with zero attached hydrogens (tertiary/aromatic N) is 3. The highest BCUT2D eigenvalue weighted by Crippen LogP contribution is 2.61. The van der Waals surface area contributed by atoms with Gasteiger partial charge in [-0.1, -0.05) is 0 Å². The molecule has 2 aliphatic rings. The molecule has 0 aliphatic carbocycles. The van der Waals surface area contributed by atoms with E-state index in [1.54, 1.807) is 0 Å². The number of nitrogens with one attached hydrogen (secondary N) is 1. The topological polar surface area (TPSA) is 311 Å². The van der Waals surface area contributed by atoms with Crippen molar-refractivity contribution < 1.29 is 67.3 Å². The number of anilines is 1. The average molecular weight is 589 g/mol. The number of rotatable bonds is 9. The Morgan fingerprint density at radius 1 is 1.11 bits per heavy atom. The smallest absolute Gasteiger partial charge is 0.394 e. The van der Waals surface area contributed by atoms with E-state index in [4.69, 9.17) is 20.3 Å². The van der Waals surface area contributed by atoms with Gasteiger partial charge in [-0.25, -0.2) is 14.1 Å². The van der Waals surface area contributed by atoms with E-state index in [1.165, 1.54) is 0 Å². The van der Waals surface area contributed by atoms with Gasteiger partial charge in [0.2, 0.25) is 5.95 Å². The number of aromatic nitrogens is 4. The van der Waals surface area contributed by atoms with Crippen LogP contribution in [0.25, 0.3) is 11.2 Å². The van der Waals surface area contributed by atoms with Gasteiger partial charge in [-0.3, -0.25) is 23.4 Å². The van der Waals surface area contributed by atoms with E-state index >= 15 is 0 Å². The normalized spacial score (nSPS) is 35.2. The van der Waals surface area contributed by atoms with Crippen LogP contribution in [0, 0.1) is 0 Å². The fourth-order valence-corrected chi connectivity index (χ4v) is 6.00. The van der Waals surface area contributed by atoms with Crippen molar-refractivity contribution in [3.63, 3.8) is 0 Å². The third-order valence-electron chi connectivity index (χ3n) is 5.64. The number of hydrogen-bond acceptors (Lipinski definition) is 16. The first-order valence-electron chi connectivity index (χ1n) is 10.8. The van der Waals surface area contributed by atoms with Crippen molar-refractivity contribution >= 4 is 32.8 Å². The summed E-state index contributed by atoms with van der Waals surface area (Å²) >= 11 is 0. The molecule has 0 radical (unpaired) electrons. The quantitative estimate of drug-likeness (QED) is 0.128. The van der Waals surface area contributed by atoms with Gasteiger partial charge in [-0.15, -0.1) is 0 Å². The molecule has 2 saturated heterocycles. The summed E-state index contributed by atoms with van der Waals surface area (Å²) in [7, 11) is -10.8. The standard InChI is InChI=1S/C16H25N5O15P2/c17-16-19-13-9(14(27)20-16)18-4-21(13)15-12(26)11(25)7(34-15)3-32-37(28,29)36-38(30,31)35-8-1-5(23)10(24)6(2-22)33-8/h4-8,10-12,15,22-26H,1-3H2,(H,28,29)(H,30,31)(H3,17,19,20,27)/t5-,6-,7-,8+,10+,11-,12-,15-/m1/s1. The lowest BCUT2D eigenvalue weighted by Crippen LogP contribution is -2.50. The molecule has 2 aliphatic heterocycles. The lowest BCUT2D eigenvalue weighted by Gasteiger charge is -2.36. The Kier molecular flexibility index (Phi) is 8.39. The number of nitrogen functional groups attached to an aromatic ring is 1. The lowest BCUT2D eigenvalue weighted by atomic mass is 10.0. The van der Waals surface area contributed by atoms with Gasteiger partial charge in [0.15, 0.2) is 23.7 Å². The number of aromatic amines is 1. The Labute approximate surface area is 211 Å². The van der Waals surface area contributed by atoms with Crippen LogP contribution < -0.4 is 11.3 Å². The summed E-state index contributed by atoms with van der Waals surface area (Å²) in [5, 5.41) is 49.3. The maximum atomic E-state index is 12.3. The van der Waals surface area contributed by atoms with Crippen LogP contribution in [0.3, 0.4) is 0 Å². The Bertz CT molecular complexity index is 1310. The summed E-state index contributed by atoms with van der Waals surface area (Å²) in [6, 6.07) is 0. The second kappa shape index (κ2) is 11.0. The number of H-pyrrole nitrogens is 1. The van der Waals surface area contributed by atoms with Crippen molar-refractivity contribution in [1.82, 2.24) is 19.5 Å². The molecule has 4 heterocycles. The first-order valence-corrected chi connectivity index (χ1v) is 13.8. The number of fused-ring (bicyclic) bond motifs is 1. The minimum absolute atomic E-state index is 0.0930. The van der Waals surface area contributed by atoms with Crippen LogP contribution in [0.4, 0.5) is 5.95 Å². The number of aliphatic hydroxyl groups excluding tert-OH is 5. The Morgan fingerprint density at radius 3 is 2.50 bits per heavy atom. The van der Waals surface area contributed by atoms with Gasteiger partial charge in [0, 0.05) is 6.42 Å². The maximum absolute atomic E-state index is 12.3. The van der Waals surface area contributed by atoms with Crippen LogP contribution in [-0.2, 0) is 32.0 Å². The second-order valence-electron chi connectivity index (χ2n) is 8.32. The van der Waals surface area contributed by atoms with E-state index < -0.39 is 90.0 Å². The summed E-state index contributed by atoms with van der Waals surface area (Å²) in [6.45, 7) is -1.72. The van der Waals surface area contributed by atoms with Gasteiger partial charge >= 0.3 is 15.6 Å². The van der Waals surface area contributed by atoms with Gasteiger partial charge in [0.25, 0.3) is 5.56 Å². The average Bonchev–Trinajstić information content (AvgIpc) is 3.35. The Balaban J connectivity index is 1.38. The molecule has 0 amide bonds. The van der Waals surface area contributed by atoms with Crippen molar-refractivity contribution in [3.8, 4) is 0 Å². The van der Waals surface area contributed by atoms with Crippen molar-refractivity contribution in [2.24, 2.45) is 0 Å². The molecule has 10 atom stereocenters. The van der Waals surface area contributed by atoms with Crippen LogP contribution in [0.5, 0.6) is 0 Å². The lowest BCUT2D eigenvalue weighted by molar-refractivity contribution is -0.233. The molecule has 214 valence electrons. The van der Waals surface area contributed by atoms with Gasteiger partial charge in [-0.2, -0.15) is 9.29 Å². The van der Waals surface area contributed by atoms with Gasteiger partial charge in [0.05, 0.1) is 25.6 Å². The maximum Gasteiger partial charge on any atom is 0.483 e. The third kappa shape index (κ3) is 6.14. The van der Waals surface area contributed by atoms with E-state index in [9.17, 15) is 44.1 Å². The number of imidazole rings is 1. The molecule has 4 rings (SSSR count). The van der Waals surface area contributed by atoms with Crippen molar-refractivity contribution in [2.45, 2.75) is 55.6 Å². The number of nitrogens with two attached hydrogens (primary N) is 1. The largest absolute Gasteiger partial charge is 0.483 e. The number of ether oxygens (including phenoxy) is 2. The second-order valence-corrected chi connectivity index (χ2v) is 11.3. The third-order valence-corrected chi connectivity index (χ3v) is 8.26. The predicted octanol–water partition coefficient (Wildman–Crippen LogP) is -3.60. The molecule has 0 saturated carbocycles. The molecule has 2 aromatic rings. The van der Waals surface area contributed by atoms with Crippen molar-refractivity contribution in [3.05, 3.63) is 16.7 Å². The summed E-state index contributed by atoms with van der Waals surface area (Å²) in [6.07, 6.45) is -11.8. The Hall–Kier alpha value is -1.87. The summed E-state index contributed by atoms with van der Waals surface area (Å²) in [4.78, 5) is 41.7. The number of hydrogen-bond donors (Lipinski definition) is 9. The SMILES string of the molecule is Nc1nc2c(ncn2[C@@H]2O[C@H](COP(=O)(O)OP(=O)(O)O[C@H]3C[C@@H](O)[C@H](O)[C@@H](CO)O3)[C@@H](O)[C@H]2O)c(=O)[nH]1. The number of phosphoric acid groups is 2. The van der Waals surface area contributed by atoms with Crippen LogP contribution in [0.1, 0.15) is 12.6 Å². The first-order chi connectivity index (χ1) is 17.7. The van der Waals surface area contributed by atoms with E-state index in [0.717, 1.165) is 10.9 Å². The minimum Gasteiger partial charge on any atom is -0.394 e. The summed E-state index contributed by atoms with van der Waals surface area (Å²) in [5.74, 6) is -0.262. The van der Waals surface area contributed by atoms with E-state index in [0.29, 0.717) is 0 Å². The zero-order valence-electron chi connectivity index (χ0n) is 19.0. The zero-order chi connectivity index (χ0) is 28.0. The molecule has 0 aromatic carbocycles. The highest BCUT2D eigenvalue weighted by molar-refractivity contribution is 7.61. The monoisotopic (exact) mass is 589 g/mol. The van der Waals surface area contributed by atoms with Crippen molar-refractivity contribution in [2.75, 3.05) is 18.9 Å². The molecule has 20 nitrogen and oxygen atoms in total. The van der Waals surface area contributed by atoms with Gasteiger partial charge in [0.1, 0.15) is 30.5 Å². The molecule has 10 N–H and O–H groups in total. The van der Waals surface area contributed by atoms with Gasteiger partial charge in [-0.05, 0) is 0 Å². The molecule has 0 bridgehead atoms. The number of aliphatic hydroxyl groups is 5. The van der Waals surface area contributed by atoms with Crippen LogP contribution in [0.15, 0.2) is 11.1 Å². The molecular weight excluding hydrogens is 564 g/mol. The van der Waals surface area contributed by atoms with E-state index in [-0.39, 0.29) is 17.1 Å². The molecule has 0 spiro atoms. The Morgan fingerprint density at radius 2 is 1.82 bits per heavy atom. The predicted molar refractivity (Wildman–Crippen MR) is 119 cm³/mol. The summed E-state index contributed by atoms with van der Waals surface area (Å²) < 4.78 is 49.4. The highest BCUT2D eigenvalue weighted by Gasteiger charge is 2.47. The molecule has 2 fully saturated rings. The molecular formula is C16H25N5O15P2. The zero-order valence-corrected chi connectivity index (χ0v) is 20.8. The van der Waals surface area contributed by atoms with Crippen LogP contribution in [-0.4, -0.2) is 111 Å². The minimum atomic E-state index is -5.40. The fraction of sp³-hybridized carbons (Fsp3) is 0.688. The summed E-state index contributed by atoms with van der Waals surface area (Å²) in [5.41, 5.74) is 4.61. The fourth-order valence-electron chi connectivity index (χ4n) is 3.85.